The molecule has 0 spiro atoms. The van der Waals surface area contributed by atoms with Crippen molar-refractivity contribution < 1.29 is 18.3 Å². The number of halogens is 2. The summed E-state index contributed by atoms with van der Waals surface area (Å²) in [4.78, 5) is 0. The fraction of sp³-hybridized carbons (Fsp3) is 0.417. The first-order valence-electron chi connectivity index (χ1n) is 4.94. The summed E-state index contributed by atoms with van der Waals surface area (Å²) in [7, 11) is 2.81. The van der Waals surface area contributed by atoms with Gasteiger partial charge in [0.15, 0.2) is 11.5 Å². The lowest BCUT2D eigenvalue weighted by molar-refractivity contribution is 0.0000807. The first kappa shape index (κ1) is 13.2. The van der Waals surface area contributed by atoms with E-state index in [1.165, 1.54) is 32.4 Å². The molecule has 17 heavy (non-hydrogen) atoms. The molecule has 0 aromatic heterocycles. The zero-order chi connectivity index (χ0) is 13.1. The highest BCUT2D eigenvalue weighted by Crippen LogP contribution is 2.39. The SMILES string of the molecule is COc1cc(C)c(C(F)(F)CC#N)cc1OC. The summed E-state index contributed by atoms with van der Waals surface area (Å²) >= 11 is 0. The molecule has 0 unspecified atom stereocenters. The fourth-order valence-corrected chi connectivity index (χ4v) is 1.57. The van der Waals surface area contributed by atoms with Crippen LogP contribution in [0.1, 0.15) is 17.5 Å². The van der Waals surface area contributed by atoms with Gasteiger partial charge in [-0.2, -0.15) is 5.26 Å². The molecule has 5 heteroatoms. The number of aryl methyl sites for hydroxylation is 1. The molecule has 0 aliphatic rings. The fourth-order valence-electron chi connectivity index (χ4n) is 1.57. The van der Waals surface area contributed by atoms with Crippen molar-refractivity contribution in [2.75, 3.05) is 14.2 Å². The van der Waals surface area contributed by atoms with Gasteiger partial charge < -0.3 is 9.47 Å². The molecule has 0 atom stereocenters. The predicted molar refractivity (Wildman–Crippen MR) is 58.4 cm³/mol. The molecule has 0 amide bonds. The number of nitriles is 1. The van der Waals surface area contributed by atoms with Gasteiger partial charge in [-0.3, -0.25) is 0 Å². The zero-order valence-electron chi connectivity index (χ0n) is 9.88. The van der Waals surface area contributed by atoms with Crippen molar-refractivity contribution in [3.05, 3.63) is 23.3 Å². The number of rotatable bonds is 4. The van der Waals surface area contributed by atoms with Crippen LogP contribution < -0.4 is 9.47 Å². The van der Waals surface area contributed by atoms with Gasteiger partial charge in [0.05, 0.1) is 20.3 Å². The van der Waals surface area contributed by atoms with Gasteiger partial charge in [-0.1, -0.05) is 0 Å². The minimum Gasteiger partial charge on any atom is -0.493 e. The van der Waals surface area contributed by atoms with Crippen LogP contribution in [0.2, 0.25) is 0 Å². The summed E-state index contributed by atoms with van der Waals surface area (Å²) in [5.74, 6) is -2.56. The normalized spacial score (nSPS) is 10.8. The number of alkyl halides is 2. The Labute approximate surface area is 98.6 Å². The van der Waals surface area contributed by atoms with E-state index < -0.39 is 12.3 Å². The van der Waals surface area contributed by atoms with Gasteiger partial charge in [0.25, 0.3) is 5.92 Å². The summed E-state index contributed by atoms with van der Waals surface area (Å²) in [5, 5.41) is 8.40. The van der Waals surface area contributed by atoms with Crippen molar-refractivity contribution in [1.82, 2.24) is 0 Å². The lowest BCUT2D eigenvalue weighted by atomic mass is 9.99. The predicted octanol–water partition coefficient (Wildman–Crippen LogP) is 3.02. The summed E-state index contributed by atoms with van der Waals surface area (Å²) < 4.78 is 37.3. The third-order valence-corrected chi connectivity index (χ3v) is 2.43. The zero-order valence-corrected chi connectivity index (χ0v) is 9.88. The third kappa shape index (κ3) is 2.64. The highest BCUT2D eigenvalue weighted by atomic mass is 19.3. The van der Waals surface area contributed by atoms with Crippen LogP contribution in [-0.4, -0.2) is 14.2 Å². The van der Waals surface area contributed by atoms with Crippen LogP contribution in [-0.2, 0) is 5.92 Å². The van der Waals surface area contributed by atoms with E-state index in [9.17, 15) is 8.78 Å². The first-order chi connectivity index (χ1) is 7.96. The summed E-state index contributed by atoms with van der Waals surface area (Å²) in [6, 6.07) is 4.16. The molecule has 0 heterocycles. The second-order valence-electron chi connectivity index (χ2n) is 3.56. The van der Waals surface area contributed by atoms with Crippen molar-refractivity contribution in [2.24, 2.45) is 0 Å². The Hall–Kier alpha value is -1.83. The Balaban J connectivity index is 3.31. The molecule has 92 valence electrons. The monoisotopic (exact) mass is 241 g/mol. The van der Waals surface area contributed by atoms with Crippen LogP contribution in [0.15, 0.2) is 12.1 Å². The molecule has 0 bridgehead atoms. The maximum Gasteiger partial charge on any atom is 0.286 e. The molecule has 0 radical (unpaired) electrons. The molecule has 0 aliphatic heterocycles. The van der Waals surface area contributed by atoms with Crippen LogP contribution in [0.3, 0.4) is 0 Å². The molecule has 0 saturated carbocycles. The molecule has 0 N–H and O–H groups in total. The van der Waals surface area contributed by atoms with Gasteiger partial charge in [0, 0.05) is 5.56 Å². The lowest BCUT2D eigenvalue weighted by Gasteiger charge is -2.18. The number of methoxy groups -OCH3 is 2. The topological polar surface area (TPSA) is 42.2 Å². The second kappa shape index (κ2) is 5.00. The van der Waals surface area contributed by atoms with E-state index in [1.807, 2.05) is 0 Å². The van der Waals surface area contributed by atoms with E-state index in [1.54, 1.807) is 6.92 Å². The van der Waals surface area contributed by atoms with E-state index in [-0.39, 0.29) is 11.3 Å². The number of nitrogens with zero attached hydrogens (tertiary/aromatic N) is 1. The van der Waals surface area contributed by atoms with Crippen molar-refractivity contribution >= 4 is 0 Å². The molecule has 3 nitrogen and oxygen atoms in total. The van der Waals surface area contributed by atoms with Crippen molar-refractivity contribution in [3.63, 3.8) is 0 Å². The molecule has 1 aromatic carbocycles. The standard InChI is InChI=1S/C12H13F2NO2/c1-8-6-10(16-2)11(17-3)7-9(8)12(13,14)4-5-15/h6-7H,4H2,1-3H3. The highest BCUT2D eigenvalue weighted by molar-refractivity contribution is 5.48. The molecule has 0 aliphatic carbocycles. The number of ether oxygens (including phenoxy) is 2. The van der Waals surface area contributed by atoms with Gasteiger partial charge >= 0.3 is 0 Å². The van der Waals surface area contributed by atoms with E-state index in [0.29, 0.717) is 11.3 Å². The average molecular weight is 241 g/mol. The van der Waals surface area contributed by atoms with Crippen molar-refractivity contribution in [3.8, 4) is 17.6 Å². The number of hydrogen-bond acceptors (Lipinski definition) is 3. The largest absolute Gasteiger partial charge is 0.493 e. The van der Waals surface area contributed by atoms with Crippen LogP contribution in [0.4, 0.5) is 8.78 Å². The Bertz CT molecular complexity index is 453. The maximum atomic E-state index is 13.7. The molecular weight excluding hydrogens is 228 g/mol. The molecule has 1 rings (SSSR count). The van der Waals surface area contributed by atoms with Gasteiger partial charge in [0.2, 0.25) is 0 Å². The average Bonchev–Trinajstić information content (AvgIpc) is 2.28. The summed E-state index contributed by atoms with van der Waals surface area (Å²) in [6.07, 6.45) is -0.858. The molecule has 0 fully saturated rings. The first-order valence-corrected chi connectivity index (χ1v) is 4.94. The van der Waals surface area contributed by atoms with Crippen molar-refractivity contribution in [2.45, 2.75) is 19.3 Å². The van der Waals surface area contributed by atoms with Gasteiger partial charge in [-0.25, -0.2) is 8.78 Å². The Morgan fingerprint density at radius 2 is 1.76 bits per heavy atom. The van der Waals surface area contributed by atoms with Gasteiger partial charge in [-0.15, -0.1) is 0 Å². The molecule has 1 aromatic rings. The van der Waals surface area contributed by atoms with E-state index in [2.05, 4.69) is 0 Å². The Kier molecular flexibility index (Phi) is 3.89. The van der Waals surface area contributed by atoms with Crippen LogP contribution in [0.5, 0.6) is 11.5 Å². The molecule has 0 saturated heterocycles. The second-order valence-corrected chi connectivity index (χ2v) is 3.56. The van der Waals surface area contributed by atoms with Crippen LogP contribution in [0, 0.1) is 18.3 Å². The Morgan fingerprint density at radius 1 is 1.24 bits per heavy atom. The molecular formula is C12H13F2NO2. The highest BCUT2D eigenvalue weighted by Gasteiger charge is 2.34. The van der Waals surface area contributed by atoms with Gasteiger partial charge in [0.1, 0.15) is 6.42 Å². The van der Waals surface area contributed by atoms with E-state index in [0.717, 1.165) is 0 Å². The van der Waals surface area contributed by atoms with Gasteiger partial charge in [-0.05, 0) is 24.6 Å². The quantitative estimate of drug-likeness (QED) is 0.813. The summed E-state index contributed by atoms with van der Waals surface area (Å²) in [5.41, 5.74) is 0.152. The lowest BCUT2D eigenvalue weighted by Crippen LogP contribution is -2.14. The number of hydrogen-bond donors (Lipinski definition) is 0. The number of benzene rings is 1. The maximum absolute atomic E-state index is 13.7. The minimum absolute atomic E-state index is 0.211. The summed E-state index contributed by atoms with van der Waals surface area (Å²) in [6.45, 7) is 1.54. The smallest absolute Gasteiger partial charge is 0.286 e. The van der Waals surface area contributed by atoms with E-state index in [4.69, 9.17) is 14.7 Å². The van der Waals surface area contributed by atoms with Crippen molar-refractivity contribution in [1.29, 1.82) is 5.26 Å². The minimum atomic E-state index is -3.18. The van der Waals surface area contributed by atoms with E-state index >= 15 is 0 Å². The third-order valence-electron chi connectivity index (χ3n) is 2.43. The van der Waals surface area contributed by atoms with Crippen LogP contribution >= 0.6 is 0 Å². The van der Waals surface area contributed by atoms with Crippen LogP contribution in [0.25, 0.3) is 0 Å². The Morgan fingerprint density at radius 3 is 2.24 bits per heavy atom.